The van der Waals surface area contributed by atoms with Crippen molar-refractivity contribution < 1.29 is 8.78 Å². The first-order valence-electron chi connectivity index (χ1n) is 14.5. The van der Waals surface area contributed by atoms with E-state index in [1.54, 1.807) is 4.68 Å². The second kappa shape index (κ2) is 12.1. The lowest BCUT2D eigenvalue weighted by Crippen LogP contribution is -2.31. The number of halogens is 2. The number of aromatic nitrogens is 5. The second-order valence-electron chi connectivity index (χ2n) is 11.4. The highest BCUT2D eigenvalue weighted by atomic mass is 19.3. The van der Waals surface area contributed by atoms with Crippen molar-refractivity contribution in [1.29, 1.82) is 0 Å². The maximum Gasteiger partial charge on any atom is 0.248 e. The Labute approximate surface area is 246 Å². The van der Waals surface area contributed by atoms with Crippen LogP contribution >= 0.6 is 0 Å². The van der Waals surface area contributed by atoms with Crippen LogP contribution in [0.2, 0.25) is 0 Å². The Morgan fingerprint density at radius 2 is 1.93 bits per heavy atom. The maximum absolute atomic E-state index is 14.4. The molecule has 10 heteroatoms. The van der Waals surface area contributed by atoms with E-state index in [4.69, 9.17) is 4.98 Å². The van der Waals surface area contributed by atoms with Gasteiger partial charge in [-0.05, 0) is 75.7 Å². The van der Waals surface area contributed by atoms with Gasteiger partial charge in [-0.15, -0.1) is 5.10 Å². The van der Waals surface area contributed by atoms with E-state index in [-0.39, 0.29) is 24.8 Å². The lowest BCUT2D eigenvalue weighted by Gasteiger charge is -2.36. The van der Waals surface area contributed by atoms with Crippen LogP contribution in [0.25, 0.3) is 22.7 Å². The van der Waals surface area contributed by atoms with Gasteiger partial charge in [0.05, 0.1) is 28.8 Å². The molecule has 1 aromatic carbocycles. The van der Waals surface area contributed by atoms with Crippen molar-refractivity contribution in [2.45, 2.75) is 51.5 Å². The molecule has 0 amide bonds. The number of nitrogens with one attached hydrogen (secondary N) is 1. The van der Waals surface area contributed by atoms with Crippen LogP contribution in [0.5, 0.6) is 0 Å². The number of anilines is 1. The van der Waals surface area contributed by atoms with Gasteiger partial charge in [0.2, 0.25) is 5.92 Å². The fourth-order valence-electron chi connectivity index (χ4n) is 6.30. The van der Waals surface area contributed by atoms with E-state index in [0.29, 0.717) is 12.8 Å². The lowest BCUT2D eigenvalue weighted by molar-refractivity contribution is -0.0494. The largest absolute Gasteiger partial charge is 0.358 e. The van der Waals surface area contributed by atoms with Crippen LogP contribution in [0.4, 0.5) is 20.3 Å². The van der Waals surface area contributed by atoms with E-state index in [0.717, 1.165) is 63.8 Å². The second-order valence-corrected chi connectivity index (χ2v) is 11.4. The predicted molar refractivity (Wildman–Crippen MR) is 167 cm³/mol. The normalized spacial score (nSPS) is 16.6. The average Bonchev–Trinajstić information content (AvgIpc) is 3.47. The molecule has 222 valence electrons. The van der Waals surface area contributed by atoms with Crippen LogP contribution < -0.4 is 10.2 Å². The summed E-state index contributed by atoms with van der Waals surface area (Å²) in [6.07, 6.45) is 2.68. The topological polar surface area (TPSA) is 76.2 Å². The minimum atomic E-state index is -2.63. The van der Waals surface area contributed by atoms with E-state index in [1.165, 1.54) is 0 Å². The monoisotopic (exact) mass is 574 g/mol. The molecule has 8 nitrogen and oxygen atoms in total. The molecular formula is C32H40F2N8. The Morgan fingerprint density at radius 3 is 2.55 bits per heavy atom. The van der Waals surface area contributed by atoms with Crippen LogP contribution in [0.1, 0.15) is 61.3 Å². The van der Waals surface area contributed by atoms with Crippen molar-refractivity contribution in [3.8, 4) is 0 Å². The van der Waals surface area contributed by atoms with E-state index < -0.39 is 5.92 Å². The van der Waals surface area contributed by atoms with Gasteiger partial charge in [-0.3, -0.25) is 4.99 Å². The number of allylic oxidation sites excluding steroid dienone is 1. The molecule has 3 heterocycles. The molecule has 1 N–H and O–H groups in total. The zero-order chi connectivity index (χ0) is 30.0. The van der Waals surface area contributed by atoms with Gasteiger partial charge >= 0.3 is 0 Å². The number of aryl methyl sites for hydroxylation is 2. The molecule has 4 aromatic rings. The highest BCUT2D eigenvalue weighted by Gasteiger charge is 2.40. The number of benzene rings is 1. The Hall–Kier alpha value is -3.92. The van der Waals surface area contributed by atoms with Crippen LogP contribution in [0.3, 0.4) is 0 Å². The summed E-state index contributed by atoms with van der Waals surface area (Å²) in [7, 11) is 5.82. The van der Waals surface area contributed by atoms with Crippen molar-refractivity contribution in [3.05, 3.63) is 65.1 Å². The smallest absolute Gasteiger partial charge is 0.248 e. The van der Waals surface area contributed by atoms with Gasteiger partial charge in [0.1, 0.15) is 11.5 Å². The van der Waals surface area contributed by atoms with Crippen molar-refractivity contribution >= 4 is 40.9 Å². The molecule has 1 fully saturated rings. The van der Waals surface area contributed by atoms with Gasteiger partial charge in [-0.25, -0.2) is 18.4 Å². The van der Waals surface area contributed by atoms with E-state index in [2.05, 4.69) is 61.1 Å². The summed E-state index contributed by atoms with van der Waals surface area (Å²) < 4.78 is 32.8. The first-order valence-corrected chi connectivity index (χ1v) is 14.5. The fourth-order valence-corrected chi connectivity index (χ4v) is 6.30. The first kappa shape index (κ1) is 29.6. The first-order chi connectivity index (χ1) is 20.1. The summed E-state index contributed by atoms with van der Waals surface area (Å²) >= 11 is 0. The minimum absolute atomic E-state index is 0.0136. The summed E-state index contributed by atoms with van der Waals surface area (Å²) in [5.74, 6) is -1.82. The molecule has 1 atom stereocenters. The number of aliphatic imine (C=N–C) groups is 1. The van der Waals surface area contributed by atoms with Crippen LogP contribution in [0, 0.1) is 12.8 Å². The van der Waals surface area contributed by atoms with Gasteiger partial charge in [0.15, 0.2) is 0 Å². The third-order valence-electron chi connectivity index (χ3n) is 8.44. The number of rotatable bonds is 10. The van der Waals surface area contributed by atoms with Gasteiger partial charge < -0.3 is 14.8 Å². The zero-order valence-corrected chi connectivity index (χ0v) is 25.1. The number of likely N-dealkylation sites (N-methyl/N-ethyl adjacent to an activating group) is 2. The standard InChI is InChI=1S/C32H40F2N8/c1-21(29-22(2)38-39-41(29)6)20-26-28(36-4)25-12-13-27(40(5)19-18-35-3)37-31(25)42(26)30(23-10-8-7-9-11-23)24-14-16-32(33,34)17-15-24/h7-13,20,24,30,35H,4,14-19H2,1-3,5-6H3/b21-20+. The number of hydrogen-bond acceptors (Lipinski definition) is 6. The SMILES string of the molecule is C=Nc1c(/C=C(\C)c2c(C)nnn2C)n(C(c2ccccc2)C2CCC(F)(F)CC2)c2nc(N(C)CCNC)ccc12. The Morgan fingerprint density at radius 1 is 1.21 bits per heavy atom. The zero-order valence-electron chi connectivity index (χ0n) is 25.1. The van der Waals surface area contributed by atoms with Crippen LogP contribution in [-0.4, -0.2) is 64.4 Å². The molecule has 1 saturated carbocycles. The van der Waals surface area contributed by atoms with Gasteiger partial charge in [-0.2, -0.15) is 0 Å². The van der Waals surface area contributed by atoms with Gasteiger partial charge in [0, 0.05) is 45.4 Å². The highest BCUT2D eigenvalue weighted by molar-refractivity contribution is 5.98. The summed E-state index contributed by atoms with van der Waals surface area (Å²) in [6, 6.07) is 14.0. The number of alkyl halides is 2. The third kappa shape index (κ3) is 5.72. The van der Waals surface area contributed by atoms with Crippen molar-refractivity contribution in [2.75, 3.05) is 32.1 Å². The van der Waals surface area contributed by atoms with E-state index in [1.807, 2.05) is 59.3 Å². The number of pyridine rings is 1. The van der Waals surface area contributed by atoms with Gasteiger partial charge in [0.25, 0.3) is 0 Å². The molecule has 1 aliphatic rings. The van der Waals surface area contributed by atoms with Crippen molar-refractivity contribution in [3.63, 3.8) is 0 Å². The predicted octanol–water partition coefficient (Wildman–Crippen LogP) is 6.44. The molecule has 0 aliphatic heterocycles. The van der Waals surface area contributed by atoms with Crippen LogP contribution in [0.15, 0.2) is 47.5 Å². The van der Waals surface area contributed by atoms with Crippen molar-refractivity contribution in [1.82, 2.24) is 29.9 Å². The molecular weight excluding hydrogens is 534 g/mol. The molecule has 0 bridgehead atoms. The van der Waals surface area contributed by atoms with E-state index in [9.17, 15) is 8.78 Å². The third-order valence-corrected chi connectivity index (χ3v) is 8.44. The van der Waals surface area contributed by atoms with Crippen LogP contribution in [-0.2, 0) is 7.05 Å². The molecule has 1 unspecified atom stereocenters. The number of nitrogens with zero attached hydrogens (tertiary/aromatic N) is 7. The summed E-state index contributed by atoms with van der Waals surface area (Å²) in [4.78, 5) is 11.8. The summed E-state index contributed by atoms with van der Waals surface area (Å²) in [5, 5.41) is 12.5. The Balaban J connectivity index is 1.79. The summed E-state index contributed by atoms with van der Waals surface area (Å²) in [6.45, 7) is 9.51. The number of fused-ring (bicyclic) bond motifs is 1. The summed E-state index contributed by atoms with van der Waals surface area (Å²) in [5.41, 5.74) is 6.07. The maximum atomic E-state index is 14.4. The number of hydrogen-bond donors (Lipinski definition) is 1. The molecule has 0 radical (unpaired) electrons. The Bertz CT molecular complexity index is 1560. The Kier molecular flexibility index (Phi) is 8.54. The molecule has 0 saturated heterocycles. The van der Waals surface area contributed by atoms with Crippen molar-refractivity contribution in [2.24, 2.45) is 18.0 Å². The molecule has 3 aromatic heterocycles. The highest BCUT2D eigenvalue weighted by Crippen LogP contribution is 2.47. The van der Waals surface area contributed by atoms with Gasteiger partial charge in [-0.1, -0.05) is 35.5 Å². The van der Waals surface area contributed by atoms with E-state index >= 15 is 0 Å². The fraction of sp³-hybridized carbons (Fsp3) is 0.438. The molecule has 1 aliphatic carbocycles. The molecule has 42 heavy (non-hydrogen) atoms. The lowest BCUT2D eigenvalue weighted by atomic mass is 9.79. The minimum Gasteiger partial charge on any atom is -0.358 e. The quantitative estimate of drug-likeness (QED) is 0.221. The average molecular weight is 575 g/mol. The molecule has 5 rings (SSSR count). The molecule has 0 spiro atoms.